The molecule has 3 aliphatic rings. The molecule has 30 heavy (non-hydrogen) atoms. The van der Waals surface area contributed by atoms with Gasteiger partial charge in [-0.1, -0.05) is 13.8 Å². The average molecular weight is 405 g/mol. The summed E-state index contributed by atoms with van der Waals surface area (Å²) in [5.41, 5.74) is -1.44. The number of carbonyl (C=O) groups excluding carboxylic acids is 2. The van der Waals surface area contributed by atoms with E-state index in [2.05, 4.69) is 11.1 Å². The number of imide groups is 1. The van der Waals surface area contributed by atoms with Crippen molar-refractivity contribution in [1.82, 2.24) is 4.98 Å². The van der Waals surface area contributed by atoms with Crippen LogP contribution in [0.2, 0.25) is 0 Å². The zero-order valence-electron chi connectivity index (χ0n) is 17.2. The van der Waals surface area contributed by atoms with E-state index < -0.39 is 28.6 Å². The summed E-state index contributed by atoms with van der Waals surface area (Å²) in [5.74, 6) is -1.15. The number of benzene rings is 1. The zero-order valence-corrected chi connectivity index (χ0v) is 17.2. The third-order valence-electron chi connectivity index (χ3n) is 7.69. The Kier molecular flexibility index (Phi) is 3.75. The van der Waals surface area contributed by atoms with Crippen LogP contribution < -0.4 is 4.90 Å². The lowest BCUT2D eigenvalue weighted by Gasteiger charge is -2.43. The van der Waals surface area contributed by atoms with E-state index >= 15 is 0 Å². The van der Waals surface area contributed by atoms with Crippen molar-refractivity contribution in [1.29, 1.82) is 5.26 Å². The van der Waals surface area contributed by atoms with E-state index in [1.807, 2.05) is 13.8 Å². The molecule has 1 aromatic carbocycles. The first-order chi connectivity index (χ1) is 14.2. The maximum absolute atomic E-state index is 14.0. The van der Waals surface area contributed by atoms with Crippen LogP contribution in [-0.4, -0.2) is 39.2 Å². The lowest BCUT2D eigenvalue weighted by Crippen LogP contribution is -2.55. The highest BCUT2D eigenvalue weighted by molar-refractivity contribution is 6.26. The van der Waals surface area contributed by atoms with Crippen LogP contribution in [0.5, 0.6) is 0 Å². The summed E-state index contributed by atoms with van der Waals surface area (Å²) in [6, 6.07) is 8.85. The molecule has 4 unspecified atom stereocenters. The average Bonchev–Trinajstić information content (AvgIpc) is 3.25. The van der Waals surface area contributed by atoms with Gasteiger partial charge in [-0.2, -0.15) is 5.26 Å². The Morgan fingerprint density at radius 1 is 1.37 bits per heavy atom. The smallest absolute Gasteiger partial charge is 0.243 e. The van der Waals surface area contributed by atoms with E-state index in [-0.39, 0.29) is 11.8 Å². The molecule has 1 spiro atoms. The van der Waals surface area contributed by atoms with Gasteiger partial charge in [-0.3, -0.25) is 14.6 Å². The van der Waals surface area contributed by atoms with Crippen molar-refractivity contribution < 1.29 is 19.4 Å². The van der Waals surface area contributed by atoms with E-state index in [4.69, 9.17) is 4.74 Å². The molecule has 7 heteroatoms. The fourth-order valence-corrected chi connectivity index (χ4v) is 6.14. The van der Waals surface area contributed by atoms with Crippen molar-refractivity contribution in [2.24, 2.45) is 11.3 Å². The van der Waals surface area contributed by atoms with E-state index in [9.17, 15) is 20.0 Å². The van der Waals surface area contributed by atoms with Gasteiger partial charge in [0.15, 0.2) is 0 Å². The number of hydrogen-bond acceptors (Lipinski definition) is 6. The predicted molar refractivity (Wildman–Crippen MR) is 108 cm³/mol. The van der Waals surface area contributed by atoms with E-state index in [1.54, 1.807) is 37.4 Å². The van der Waals surface area contributed by atoms with Crippen molar-refractivity contribution in [3.8, 4) is 6.07 Å². The zero-order chi connectivity index (χ0) is 21.5. The van der Waals surface area contributed by atoms with Gasteiger partial charge in [0.2, 0.25) is 11.8 Å². The van der Waals surface area contributed by atoms with E-state index in [0.29, 0.717) is 41.4 Å². The van der Waals surface area contributed by atoms with Gasteiger partial charge < -0.3 is 9.84 Å². The fraction of sp³-hybridized carbons (Fsp3) is 0.478. The highest BCUT2D eigenvalue weighted by Gasteiger charge is 2.78. The minimum absolute atomic E-state index is 0.281. The minimum Gasteiger partial charge on any atom is -0.390 e. The Morgan fingerprint density at radius 2 is 2.13 bits per heavy atom. The number of ether oxygens (including phenoxy) is 1. The molecule has 2 amide bonds. The molecule has 0 radical (unpaired) electrons. The molecule has 1 aromatic heterocycles. The summed E-state index contributed by atoms with van der Waals surface area (Å²) < 4.78 is 6.34. The third kappa shape index (κ3) is 1.98. The number of aliphatic hydroxyl groups excluding tert-OH is 1. The molecular weight excluding hydrogens is 382 g/mol. The van der Waals surface area contributed by atoms with Crippen molar-refractivity contribution in [3.05, 3.63) is 36.0 Å². The van der Waals surface area contributed by atoms with Crippen molar-refractivity contribution in [2.75, 3.05) is 4.90 Å². The Bertz CT molecular complexity index is 1160. The standard InChI is InChI=1S/C23H23N3O4/c1-4-22-10-17(27)21(3,30-22)12-23(22)13(2)19(28)26(20(23)29)16-8-7-14(11-24)18-15(16)6-5-9-25-18/h5-9,13,17,27H,4,10,12H2,1-3H3/t13?,17?,21?,22?,23-/m1/s1. The summed E-state index contributed by atoms with van der Waals surface area (Å²) >= 11 is 0. The maximum atomic E-state index is 14.0. The summed E-state index contributed by atoms with van der Waals surface area (Å²) in [4.78, 5) is 33.1. The van der Waals surface area contributed by atoms with Crippen LogP contribution in [0, 0.1) is 22.7 Å². The summed E-state index contributed by atoms with van der Waals surface area (Å²) in [5, 5.41) is 20.6. The van der Waals surface area contributed by atoms with Gasteiger partial charge in [-0.05, 0) is 44.0 Å². The van der Waals surface area contributed by atoms with Crippen LogP contribution in [0.4, 0.5) is 5.69 Å². The number of aliphatic hydroxyl groups is 1. The number of fused-ring (bicyclic) bond motifs is 4. The summed E-state index contributed by atoms with van der Waals surface area (Å²) in [6.07, 6.45) is 2.11. The number of carbonyl (C=O) groups is 2. The van der Waals surface area contributed by atoms with Crippen LogP contribution in [0.3, 0.4) is 0 Å². The molecule has 2 aromatic rings. The normalized spacial score (nSPS) is 37.5. The fourth-order valence-electron chi connectivity index (χ4n) is 6.14. The van der Waals surface area contributed by atoms with Crippen molar-refractivity contribution in [3.63, 3.8) is 0 Å². The van der Waals surface area contributed by atoms with Crippen LogP contribution >= 0.6 is 0 Å². The number of rotatable bonds is 2. The third-order valence-corrected chi connectivity index (χ3v) is 7.69. The van der Waals surface area contributed by atoms with E-state index in [1.165, 1.54) is 4.90 Å². The molecular formula is C23H23N3O4. The number of aromatic nitrogens is 1. The molecule has 2 bridgehead atoms. The quantitative estimate of drug-likeness (QED) is 0.771. The van der Waals surface area contributed by atoms with Crippen molar-refractivity contribution in [2.45, 2.75) is 57.3 Å². The lowest BCUT2D eigenvalue weighted by molar-refractivity contribution is -0.142. The molecule has 1 N–H and O–H groups in total. The second kappa shape index (κ2) is 5.87. The molecule has 0 saturated carbocycles. The highest BCUT2D eigenvalue weighted by Crippen LogP contribution is 2.67. The van der Waals surface area contributed by atoms with Gasteiger partial charge >= 0.3 is 0 Å². The number of nitriles is 1. The first-order valence-corrected chi connectivity index (χ1v) is 10.3. The minimum atomic E-state index is -1.02. The molecule has 4 heterocycles. The van der Waals surface area contributed by atoms with Crippen LogP contribution in [-0.2, 0) is 14.3 Å². The summed E-state index contributed by atoms with van der Waals surface area (Å²) in [7, 11) is 0. The largest absolute Gasteiger partial charge is 0.390 e. The summed E-state index contributed by atoms with van der Waals surface area (Å²) in [6.45, 7) is 5.57. The van der Waals surface area contributed by atoms with Crippen LogP contribution in [0.25, 0.3) is 10.9 Å². The highest BCUT2D eigenvalue weighted by atomic mass is 16.6. The molecule has 3 aliphatic heterocycles. The van der Waals surface area contributed by atoms with Gasteiger partial charge in [0.05, 0.1) is 45.4 Å². The lowest BCUT2D eigenvalue weighted by atomic mass is 9.57. The molecule has 5 atom stereocenters. The Labute approximate surface area is 174 Å². The topological polar surface area (TPSA) is 104 Å². The Morgan fingerprint density at radius 3 is 2.80 bits per heavy atom. The molecule has 0 aliphatic carbocycles. The number of hydrogen-bond donors (Lipinski definition) is 1. The van der Waals surface area contributed by atoms with Gasteiger partial charge in [0.25, 0.3) is 0 Å². The first-order valence-electron chi connectivity index (χ1n) is 10.3. The Balaban J connectivity index is 1.70. The number of anilines is 1. The number of nitrogens with zero attached hydrogens (tertiary/aromatic N) is 3. The second-order valence-electron chi connectivity index (χ2n) is 8.97. The van der Waals surface area contributed by atoms with Crippen molar-refractivity contribution >= 4 is 28.4 Å². The van der Waals surface area contributed by atoms with Crippen LogP contribution in [0.15, 0.2) is 30.5 Å². The molecule has 3 fully saturated rings. The van der Waals surface area contributed by atoms with Gasteiger partial charge in [-0.15, -0.1) is 0 Å². The van der Waals surface area contributed by atoms with Gasteiger partial charge in [-0.25, -0.2) is 4.90 Å². The first kappa shape index (κ1) is 19.2. The second-order valence-corrected chi connectivity index (χ2v) is 8.97. The van der Waals surface area contributed by atoms with E-state index in [0.717, 1.165) is 0 Å². The molecule has 154 valence electrons. The molecule has 3 saturated heterocycles. The maximum Gasteiger partial charge on any atom is 0.243 e. The number of pyridine rings is 1. The number of amides is 2. The Hall–Kier alpha value is -2.82. The molecule has 7 nitrogen and oxygen atoms in total. The monoisotopic (exact) mass is 405 g/mol. The predicted octanol–water partition coefficient (Wildman–Crippen LogP) is 2.69. The van der Waals surface area contributed by atoms with Gasteiger partial charge in [0.1, 0.15) is 6.07 Å². The van der Waals surface area contributed by atoms with Crippen LogP contribution in [0.1, 0.15) is 45.6 Å². The van der Waals surface area contributed by atoms with Gasteiger partial charge in [0, 0.05) is 18.0 Å². The SMILES string of the molecule is CCC12CC(O)C(C)(C[C@@]13C(=O)N(c1ccc(C#N)c4ncccc14)C(=O)C3C)O2. The molecule has 5 rings (SSSR count).